The maximum Gasteiger partial charge on any atom is 0.135 e. The van der Waals surface area contributed by atoms with Gasteiger partial charge in [-0.2, -0.15) is 0 Å². The summed E-state index contributed by atoms with van der Waals surface area (Å²) in [5.74, 6) is 1.33. The summed E-state index contributed by atoms with van der Waals surface area (Å²) in [5.41, 5.74) is 1.16. The Kier molecular flexibility index (Phi) is 5.20. The second kappa shape index (κ2) is 6.43. The lowest BCUT2D eigenvalue weighted by Crippen LogP contribution is -2.08. The second-order valence-electron chi connectivity index (χ2n) is 4.94. The van der Waals surface area contributed by atoms with Crippen LogP contribution in [0.25, 0.3) is 0 Å². The van der Waals surface area contributed by atoms with Gasteiger partial charge in [0, 0.05) is 12.3 Å². The summed E-state index contributed by atoms with van der Waals surface area (Å²) in [7, 11) is 0. The number of Topliss-reactive ketones (excluding diaryl/α,β-unsaturated/α-hetero) is 1. The van der Waals surface area contributed by atoms with Crippen molar-refractivity contribution in [3.63, 3.8) is 0 Å². The fourth-order valence-electron chi connectivity index (χ4n) is 1.60. The topological polar surface area (TPSA) is 26.3 Å². The molecule has 0 aliphatic heterocycles. The molecule has 0 N–H and O–H groups in total. The van der Waals surface area contributed by atoms with Crippen LogP contribution in [-0.4, -0.2) is 11.9 Å². The normalized spacial score (nSPS) is 10.9. The maximum absolute atomic E-state index is 11.5. The van der Waals surface area contributed by atoms with Crippen molar-refractivity contribution in [3.05, 3.63) is 29.8 Å². The van der Waals surface area contributed by atoms with Gasteiger partial charge in [-0.15, -0.1) is 0 Å². The molecular weight excluding hydrogens is 212 g/mol. The molecule has 0 aliphatic rings. The van der Waals surface area contributed by atoms with Gasteiger partial charge in [-0.25, -0.2) is 0 Å². The Morgan fingerprint density at radius 3 is 2.53 bits per heavy atom. The van der Waals surface area contributed by atoms with Crippen LogP contribution in [0.1, 0.15) is 39.7 Å². The van der Waals surface area contributed by atoms with Crippen molar-refractivity contribution in [2.24, 2.45) is 5.92 Å². The van der Waals surface area contributed by atoms with Crippen molar-refractivity contribution in [2.75, 3.05) is 0 Å². The predicted octanol–water partition coefficient (Wildman–Crippen LogP) is 3.63. The van der Waals surface area contributed by atoms with E-state index in [-0.39, 0.29) is 12.0 Å². The first kappa shape index (κ1) is 13.8. The van der Waals surface area contributed by atoms with E-state index in [0.717, 1.165) is 17.7 Å². The van der Waals surface area contributed by atoms with Crippen LogP contribution in [0, 0.1) is 5.92 Å². The van der Waals surface area contributed by atoms with Crippen LogP contribution in [-0.2, 0) is 11.2 Å². The molecule has 1 aromatic carbocycles. The highest BCUT2D eigenvalue weighted by molar-refractivity contribution is 5.80. The number of aryl methyl sites for hydroxylation is 1. The summed E-state index contributed by atoms with van der Waals surface area (Å²) >= 11 is 0. The highest BCUT2D eigenvalue weighted by Crippen LogP contribution is 2.16. The van der Waals surface area contributed by atoms with Crippen LogP contribution in [0.3, 0.4) is 0 Å². The largest absolute Gasteiger partial charge is 0.491 e. The van der Waals surface area contributed by atoms with E-state index in [1.165, 1.54) is 0 Å². The van der Waals surface area contributed by atoms with E-state index in [4.69, 9.17) is 4.74 Å². The van der Waals surface area contributed by atoms with E-state index < -0.39 is 0 Å². The summed E-state index contributed by atoms with van der Waals surface area (Å²) in [4.78, 5) is 11.5. The van der Waals surface area contributed by atoms with E-state index in [0.29, 0.717) is 12.2 Å². The highest BCUT2D eigenvalue weighted by atomic mass is 16.5. The molecule has 1 aromatic rings. The van der Waals surface area contributed by atoms with E-state index in [1.807, 2.05) is 52.0 Å². The fraction of sp³-hybridized carbons (Fsp3) is 0.533. The van der Waals surface area contributed by atoms with Crippen LogP contribution in [0.4, 0.5) is 0 Å². The van der Waals surface area contributed by atoms with Gasteiger partial charge in [0.2, 0.25) is 0 Å². The standard InChI is InChI=1S/C15H22O2/c1-11(2)15(16)9-8-13-6-5-7-14(10-13)17-12(3)4/h5-7,10-12H,8-9H2,1-4H3. The van der Waals surface area contributed by atoms with Crippen molar-refractivity contribution >= 4 is 5.78 Å². The molecular formula is C15H22O2. The van der Waals surface area contributed by atoms with Gasteiger partial charge in [-0.1, -0.05) is 26.0 Å². The molecule has 0 saturated heterocycles. The number of rotatable bonds is 6. The van der Waals surface area contributed by atoms with Crippen molar-refractivity contribution in [3.8, 4) is 5.75 Å². The SMILES string of the molecule is CC(C)Oc1cccc(CCC(=O)C(C)C)c1. The van der Waals surface area contributed by atoms with Crippen LogP contribution in [0.2, 0.25) is 0 Å². The number of ketones is 1. The molecule has 0 fully saturated rings. The Morgan fingerprint density at radius 2 is 1.94 bits per heavy atom. The number of carbonyl (C=O) groups is 1. The summed E-state index contributed by atoms with van der Waals surface area (Å²) in [5, 5.41) is 0. The van der Waals surface area contributed by atoms with Crippen molar-refractivity contribution in [1.82, 2.24) is 0 Å². The quantitative estimate of drug-likeness (QED) is 0.751. The Balaban J connectivity index is 2.57. The van der Waals surface area contributed by atoms with Gasteiger partial charge in [-0.05, 0) is 38.0 Å². The molecule has 0 atom stereocenters. The minimum atomic E-state index is 0.130. The van der Waals surface area contributed by atoms with E-state index >= 15 is 0 Å². The Bertz CT molecular complexity index is 367. The number of ether oxygens (including phenoxy) is 1. The third kappa shape index (κ3) is 5.03. The van der Waals surface area contributed by atoms with Gasteiger partial charge in [0.15, 0.2) is 0 Å². The molecule has 0 unspecified atom stereocenters. The third-order valence-electron chi connectivity index (χ3n) is 2.57. The molecule has 0 aromatic heterocycles. The van der Waals surface area contributed by atoms with Gasteiger partial charge in [0.25, 0.3) is 0 Å². The first-order valence-electron chi connectivity index (χ1n) is 6.27. The molecule has 0 heterocycles. The van der Waals surface area contributed by atoms with Gasteiger partial charge in [0.1, 0.15) is 11.5 Å². The zero-order valence-electron chi connectivity index (χ0n) is 11.2. The second-order valence-corrected chi connectivity index (χ2v) is 4.94. The number of benzene rings is 1. The van der Waals surface area contributed by atoms with Crippen molar-refractivity contribution < 1.29 is 9.53 Å². The molecule has 0 bridgehead atoms. The highest BCUT2D eigenvalue weighted by Gasteiger charge is 2.07. The summed E-state index contributed by atoms with van der Waals surface area (Å²) in [6, 6.07) is 8.00. The van der Waals surface area contributed by atoms with Gasteiger partial charge < -0.3 is 4.74 Å². The maximum atomic E-state index is 11.5. The molecule has 2 heteroatoms. The molecule has 0 spiro atoms. The minimum absolute atomic E-state index is 0.130. The lowest BCUT2D eigenvalue weighted by molar-refractivity contribution is -0.121. The Labute approximate surface area is 104 Å². The van der Waals surface area contributed by atoms with Crippen molar-refractivity contribution in [1.29, 1.82) is 0 Å². The Hall–Kier alpha value is -1.31. The lowest BCUT2D eigenvalue weighted by Gasteiger charge is -2.11. The van der Waals surface area contributed by atoms with Crippen molar-refractivity contribution in [2.45, 2.75) is 46.6 Å². The zero-order valence-corrected chi connectivity index (χ0v) is 11.2. The minimum Gasteiger partial charge on any atom is -0.491 e. The molecule has 0 aliphatic carbocycles. The molecule has 2 nitrogen and oxygen atoms in total. The van der Waals surface area contributed by atoms with E-state index in [1.54, 1.807) is 0 Å². The molecule has 0 radical (unpaired) electrons. The third-order valence-corrected chi connectivity index (χ3v) is 2.57. The number of carbonyl (C=O) groups excluding carboxylic acids is 1. The number of hydrogen-bond acceptors (Lipinski definition) is 2. The Morgan fingerprint density at radius 1 is 1.24 bits per heavy atom. The van der Waals surface area contributed by atoms with Gasteiger partial charge in [0.05, 0.1) is 6.10 Å². The average molecular weight is 234 g/mol. The molecule has 1 rings (SSSR count). The van der Waals surface area contributed by atoms with Crippen LogP contribution >= 0.6 is 0 Å². The summed E-state index contributed by atoms with van der Waals surface area (Å²) in [6.07, 6.45) is 1.59. The monoisotopic (exact) mass is 234 g/mol. The van der Waals surface area contributed by atoms with E-state index in [2.05, 4.69) is 0 Å². The molecule has 0 amide bonds. The van der Waals surface area contributed by atoms with Crippen LogP contribution in [0.5, 0.6) is 5.75 Å². The van der Waals surface area contributed by atoms with E-state index in [9.17, 15) is 4.79 Å². The number of hydrogen-bond donors (Lipinski definition) is 0. The first-order chi connectivity index (χ1) is 7.99. The fourth-order valence-corrected chi connectivity index (χ4v) is 1.60. The predicted molar refractivity (Wildman–Crippen MR) is 70.4 cm³/mol. The van der Waals surface area contributed by atoms with Crippen LogP contribution in [0.15, 0.2) is 24.3 Å². The lowest BCUT2D eigenvalue weighted by atomic mass is 10.0. The molecule has 17 heavy (non-hydrogen) atoms. The van der Waals surface area contributed by atoms with Gasteiger partial charge in [-0.3, -0.25) is 4.79 Å². The average Bonchev–Trinajstić information content (AvgIpc) is 2.25. The smallest absolute Gasteiger partial charge is 0.135 e. The zero-order chi connectivity index (χ0) is 12.8. The summed E-state index contributed by atoms with van der Waals surface area (Å²) in [6.45, 7) is 7.91. The molecule has 94 valence electrons. The summed E-state index contributed by atoms with van der Waals surface area (Å²) < 4.78 is 5.62. The first-order valence-corrected chi connectivity index (χ1v) is 6.27. The van der Waals surface area contributed by atoms with Crippen LogP contribution < -0.4 is 4.74 Å². The van der Waals surface area contributed by atoms with Gasteiger partial charge >= 0.3 is 0 Å². The molecule has 0 saturated carbocycles.